The Morgan fingerprint density at radius 3 is 2.26 bits per heavy atom. The molecule has 0 heterocycles. The first kappa shape index (κ1) is 15.5. The van der Waals surface area contributed by atoms with Gasteiger partial charge >= 0.3 is 6.03 Å². The highest BCUT2D eigenvalue weighted by Gasteiger charge is 2.24. The van der Waals surface area contributed by atoms with E-state index < -0.39 is 5.54 Å². The van der Waals surface area contributed by atoms with Gasteiger partial charge in [-0.3, -0.25) is 0 Å². The van der Waals surface area contributed by atoms with E-state index in [1.54, 1.807) is 0 Å². The Balaban J connectivity index is 2.57. The van der Waals surface area contributed by atoms with Crippen molar-refractivity contribution in [3.63, 3.8) is 0 Å². The molecule has 0 aliphatic heterocycles. The average Bonchev–Trinajstić information content (AvgIpc) is 2.37. The molecule has 0 atom stereocenters. The zero-order valence-corrected chi connectivity index (χ0v) is 12.2. The SMILES string of the molecule is CC(C)(CO)CNC(=O)NC(C)(C)c1ccccc1. The van der Waals surface area contributed by atoms with Crippen molar-refractivity contribution in [1.82, 2.24) is 10.6 Å². The van der Waals surface area contributed by atoms with Crippen LogP contribution in [0.1, 0.15) is 33.3 Å². The standard InChI is InChI=1S/C15H24N2O2/c1-14(2,11-18)10-16-13(19)17-15(3,4)12-8-6-5-7-9-12/h5-9,18H,10-11H2,1-4H3,(H2,16,17,19). The smallest absolute Gasteiger partial charge is 0.315 e. The van der Waals surface area contributed by atoms with Gasteiger partial charge in [0.15, 0.2) is 0 Å². The largest absolute Gasteiger partial charge is 0.396 e. The van der Waals surface area contributed by atoms with Crippen molar-refractivity contribution >= 4 is 6.03 Å². The molecule has 106 valence electrons. The number of carbonyl (C=O) groups is 1. The topological polar surface area (TPSA) is 61.4 Å². The van der Waals surface area contributed by atoms with Crippen LogP contribution in [0.2, 0.25) is 0 Å². The number of amides is 2. The second-order valence-electron chi connectivity index (χ2n) is 6.12. The summed E-state index contributed by atoms with van der Waals surface area (Å²) in [6.07, 6.45) is 0. The van der Waals surface area contributed by atoms with E-state index in [4.69, 9.17) is 5.11 Å². The van der Waals surface area contributed by atoms with Crippen molar-refractivity contribution in [2.45, 2.75) is 33.2 Å². The lowest BCUT2D eigenvalue weighted by atomic mass is 9.94. The molecule has 0 aliphatic rings. The van der Waals surface area contributed by atoms with Gasteiger partial charge in [-0.15, -0.1) is 0 Å². The van der Waals surface area contributed by atoms with E-state index in [-0.39, 0.29) is 18.1 Å². The molecule has 19 heavy (non-hydrogen) atoms. The monoisotopic (exact) mass is 264 g/mol. The van der Waals surface area contributed by atoms with Gasteiger partial charge in [0, 0.05) is 18.6 Å². The first-order chi connectivity index (χ1) is 8.77. The molecule has 0 aliphatic carbocycles. The number of hydrogen-bond donors (Lipinski definition) is 3. The fraction of sp³-hybridized carbons (Fsp3) is 0.533. The van der Waals surface area contributed by atoms with Crippen LogP contribution in [0.25, 0.3) is 0 Å². The van der Waals surface area contributed by atoms with Gasteiger partial charge in [0.2, 0.25) is 0 Å². The summed E-state index contributed by atoms with van der Waals surface area (Å²) < 4.78 is 0. The molecule has 0 bridgehead atoms. The van der Waals surface area contributed by atoms with Crippen molar-refractivity contribution in [3.8, 4) is 0 Å². The van der Waals surface area contributed by atoms with E-state index in [1.807, 2.05) is 58.0 Å². The number of aliphatic hydroxyl groups is 1. The van der Waals surface area contributed by atoms with Crippen LogP contribution in [-0.4, -0.2) is 24.3 Å². The van der Waals surface area contributed by atoms with Gasteiger partial charge in [0.05, 0.1) is 5.54 Å². The molecule has 0 saturated heterocycles. The van der Waals surface area contributed by atoms with Crippen molar-refractivity contribution in [2.75, 3.05) is 13.2 Å². The van der Waals surface area contributed by atoms with E-state index in [9.17, 15) is 4.79 Å². The summed E-state index contributed by atoms with van der Waals surface area (Å²) in [6, 6.07) is 9.59. The minimum Gasteiger partial charge on any atom is -0.396 e. The first-order valence-electron chi connectivity index (χ1n) is 6.49. The van der Waals surface area contributed by atoms with Gasteiger partial charge in [-0.05, 0) is 19.4 Å². The lowest BCUT2D eigenvalue weighted by molar-refractivity contribution is 0.156. The molecular weight excluding hydrogens is 240 g/mol. The minimum atomic E-state index is -0.436. The Morgan fingerprint density at radius 2 is 1.74 bits per heavy atom. The van der Waals surface area contributed by atoms with Crippen LogP contribution in [0.4, 0.5) is 4.79 Å². The van der Waals surface area contributed by atoms with Gasteiger partial charge in [0.1, 0.15) is 0 Å². The summed E-state index contributed by atoms with van der Waals surface area (Å²) in [5.41, 5.74) is 0.301. The fourth-order valence-electron chi connectivity index (χ4n) is 1.63. The zero-order valence-electron chi connectivity index (χ0n) is 12.2. The van der Waals surface area contributed by atoms with Gasteiger partial charge in [-0.25, -0.2) is 4.79 Å². The van der Waals surface area contributed by atoms with E-state index in [0.29, 0.717) is 6.54 Å². The normalized spacial score (nSPS) is 12.1. The van der Waals surface area contributed by atoms with E-state index in [2.05, 4.69) is 10.6 Å². The van der Waals surface area contributed by atoms with Crippen LogP contribution in [0.3, 0.4) is 0 Å². The van der Waals surface area contributed by atoms with Crippen LogP contribution in [0, 0.1) is 5.41 Å². The molecule has 0 aromatic heterocycles. The molecule has 3 N–H and O–H groups in total. The van der Waals surface area contributed by atoms with Crippen molar-refractivity contribution in [1.29, 1.82) is 0 Å². The summed E-state index contributed by atoms with van der Waals surface area (Å²) in [5, 5.41) is 14.9. The molecule has 0 fully saturated rings. The Bertz CT molecular complexity index is 413. The molecule has 0 radical (unpaired) electrons. The second kappa shape index (κ2) is 6.06. The van der Waals surface area contributed by atoms with Crippen molar-refractivity contribution in [3.05, 3.63) is 35.9 Å². The summed E-state index contributed by atoms with van der Waals surface area (Å²) in [5.74, 6) is 0. The fourth-order valence-corrected chi connectivity index (χ4v) is 1.63. The lowest BCUT2D eigenvalue weighted by Crippen LogP contribution is -2.48. The van der Waals surface area contributed by atoms with Gasteiger partial charge in [0.25, 0.3) is 0 Å². The number of urea groups is 1. The number of benzene rings is 1. The molecular formula is C15H24N2O2. The van der Waals surface area contributed by atoms with Gasteiger partial charge in [-0.1, -0.05) is 44.2 Å². The van der Waals surface area contributed by atoms with Crippen LogP contribution >= 0.6 is 0 Å². The third-order valence-corrected chi connectivity index (χ3v) is 3.08. The molecule has 1 rings (SSSR count). The molecule has 4 nitrogen and oxygen atoms in total. The first-order valence-corrected chi connectivity index (χ1v) is 6.49. The number of carbonyl (C=O) groups excluding carboxylic acids is 1. The van der Waals surface area contributed by atoms with E-state index >= 15 is 0 Å². The molecule has 0 saturated carbocycles. The number of nitrogens with one attached hydrogen (secondary N) is 2. The highest BCUT2D eigenvalue weighted by molar-refractivity contribution is 5.75. The molecule has 0 unspecified atom stereocenters. The maximum atomic E-state index is 11.9. The minimum absolute atomic E-state index is 0.0371. The Kier molecular flexibility index (Phi) is 4.95. The predicted molar refractivity (Wildman–Crippen MR) is 76.9 cm³/mol. The quantitative estimate of drug-likeness (QED) is 0.764. The summed E-state index contributed by atoms with van der Waals surface area (Å²) in [7, 11) is 0. The average molecular weight is 264 g/mol. The van der Waals surface area contributed by atoms with Crippen LogP contribution < -0.4 is 10.6 Å². The van der Waals surface area contributed by atoms with E-state index in [0.717, 1.165) is 5.56 Å². The molecule has 2 amide bonds. The lowest BCUT2D eigenvalue weighted by Gasteiger charge is -2.28. The molecule has 1 aromatic carbocycles. The second-order valence-corrected chi connectivity index (χ2v) is 6.12. The number of aliphatic hydroxyl groups excluding tert-OH is 1. The molecule has 0 spiro atoms. The molecule has 4 heteroatoms. The Hall–Kier alpha value is -1.55. The third-order valence-electron chi connectivity index (χ3n) is 3.08. The van der Waals surface area contributed by atoms with Crippen molar-refractivity contribution in [2.24, 2.45) is 5.41 Å². The summed E-state index contributed by atoms with van der Waals surface area (Å²) in [6.45, 7) is 8.18. The highest BCUT2D eigenvalue weighted by atomic mass is 16.3. The van der Waals surface area contributed by atoms with Crippen molar-refractivity contribution < 1.29 is 9.90 Å². The zero-order chi connectivity index (χ0) is 14.5. The number of hydrogen-bond acceptors (Lipinski definition) is 2. The van der Waals surface area contributed by atoms with Crippen LogP contribution in [0.15, 0.2) is 30.3 Å². The van der Waals surface area contributed by atoms with Crippen LogP contribution in [0.5, 0.6) is 0 Å². The third kappa shape index (κ3) is 4.91. The maximum absolute atomic E-state index is 11.9. The van der Waals surface area contributed by atoms with E-state index in [1.165, 1.54) is 0 Å². The molecule has 1 aromatic rings. The summed E-state index contributed by atoms with van der Waals surface area (Å²) >= 11 is 0. The van der Waals surface area contributed by atoms with Gasteiger partial charge < -0.3 is 15.7 Å². The van der Waals surface area contributed by atoms with Gasteiger partial charge in [-0.2, -0.15) is 0 Å². The predicted octanol–water partition coefficient (Wildman–Crippen LogP) is 2.24. The Morgan fingerprint density at radius 1 is 1.16 bits per heavy atom. The number of rotatable bonds is 5. The summed E-state index contributed by atoms with van der Waals surface area (Å²) in [4.78, 5) is 11.9. The maximum Gasteiger partial charge on any atom is 0.315 e. The highest BCUT2D eigenvalue weighted by Crippen LogP contribution is 2.19. The van der Waals surface area contributed by atoms with Crippen LogP contribution in [-0.2, 0) is 5.54 Å². The Labute approximate surface area is 115 Å².